The van der Waals surface area contributed by atoms with E-state index in [4.69, 9.17) is 0 Å². The minimum atomic E-state index is 0.833. The zero-order valence-electron chi connectivity index (χ0n) is 47.8. The molecule has 378 valence electrons. The predicted molar refractivity (Wildman–Crippen MR) is 290 cm³/mol. The lowest BCUT2D eigenvalue weighted by Crippen LogP contribution is -2.43. The van der Waals surface area contributed by atoms with Gasteiger partial charge in [-0.2, -0.15) is 0 Å². The average molecular weight is 872 g/mol. The molecular weight excluding hydrogens is 741 g/mol. The van der Waals surface area contributed by atoms with Crippen molar-refractivity contribution in [2.45, 2.75) is 280 Å². The van der Waals surface area contributed by atoms with Crippen LogP contribution in [0, 0.1) is 35.5 Å². The van der Waals surface area contributed by atoms with Crippen LogP contribution in [0.2, 0.25) is 0 Å². The molecule has 2 heterocycles. The molecule has 2 rings (SSSR count). The van der Waals surface area contributed by atoms with Crippen molar-refractivity contribution < 1.29 is 0 Å². The highest BCUT2D eigenvalue weighted by atomic mass is 15.2. The maximum Gasteiger partial charge on any atom is 0.0110 e. The van der Waals surface area contributed by atoms with Crippen molar-refractivity contribution >= 4 is 0 Å². The Balaban J connectivity index is -0.000000158. The maximum absolute atomic E-state index is 3.62. The number of nitrogens with one attached hydrogen (secondary N) is 1. The highest BCUT2D eigenvalue weighted by molar-refractivity contribution is 4.84. The highest BCUT2D eigenvalue weighted by Crippen LogP contribution is 2.29. The Morgan fingerprint density at radius 3 is 1.25 bits per heavy atom. The summed E-state index contributed by atoms with van der Waals surface area (Å²) in [5.74, 6) is 5.45. The van der Waals surface area contributed by atoms with Crippen molar-refractivity contribution in [3.05, 3.63) is 0 Å². The van der Waals surface area contributed by atoms with E-state index in [0.717, 1.165) is 47.6 Å². The number of rotatable bonds is 22. The van der Waals surface area contributed by atoms with Gasteiger partial charge in [0.1, 0.15) is 0 Å². The summed E-state index contributed by atoms with van der Waals surface area (Å²) >= 11 is 0. The molecular formula is C57H130N4. The van der Waals surface area contributed by atoms with Crippen LogP contribution in [0.1, 0.15) is 268 Å². The smallest absolute Gasteiger partial charge is 0.0110 e. The maximum atomic E-state index is 3.62. The Bertz CT molecular complexity index is 673. The Kier molecular flexibility index (Phi) is 68.7. The second kappa shape index (κ2) is 57.9. The van der Waals surface area contributed by atoms with Gasteiger partial charge in [0.05, 0.1) is 0 Å². The van der Waals surface area contributed by atoms with E-state index in [-0.39, 0.29) is 0 Å². The quantitative estimate of drug-likeness (QED) is 0.117. The predicted octanol–water partition coefficient (Wildman–Crippen LogP) is 17.9. The Morgan fingerprint density at radius 1 is 0.541 bits per heavy atom. The number of nitrogens with zero attached hydrogens (tertiary/aromatic N) is 3. The lowest BCUT2D eigenvalue weighted by Gasteiger charge is -2.39. The molecule has 4 heteroatoms. The van der Waals surface area contributed by atoms with Crippen LogP contribution in [-0.4, -0.2) is 85.7 Å². The SMILES string of the molecule is CC.CC.CC.CC(C)C.CCC1CNCCC(N2CCC(C(C)C)CC2)C1.CCCC(CC)C(C)C.CCCC(CCC)N(CCC)CCC.CCCN(CCC)CCC. The molecule has 3 atom stereocenters. The molecule has 2 fully saturated rings. The van der Waals surface area contributed by atoms with Gasteiger partial charge in [-0.25, -0.2) is 0 Å². The third-order valence-electron chi connectivity index (χ3n) is 11.8. The molecule has 3 unspecified atom stereocenters. The van der Waals surface area contributed by atoms with E-state index in [2.05, 4.69) is 138 Å². The number of likely N-dealkylation sites (tertiary alicyclic amines) is 1. The summed E-state index contributed by atoms with van der Waals surface area (Å²) in [5.41, 5.74) is 0. The summed E-state index contributed by atoms with van der Waals surface area (Å²) in [4.78, 5) is 8.04. The van der Waals surface area contributed by atoms with Crippen LogP contribution in [0.25, 0.3) is 0 Å². The molecule has 4 nitrogen and oxygen atoms in total. The summed E-state index contributed by atoms with van der Waals surface area (Å²) in [6, 6.07) is 1.71. The zero-order valence-corrected chi connectivity index (χ0v) is 47.8. The molecule has 0 amide bonds. The van der Waals surface area contributed by atoms with Crippen LogP contribution in [-0.2, 0) is 0 Å². The minimum Gasteiger partial charge on any atom is -0.316 e. The molecule has 0 aromatic carbocycles. The molecule has 0 saturated carbocycles. The highest BCUT2D eigenvalue weighted by Gasteiger charge is 2.28. The van der Waals surface area contributed by atoms with Gasteiger partial charge in [0.15, 0.2) is 0 Å². The average Bonchev–Trinajstić information content (AvgIpc) is 3.52. The molecule has 0 aromatic heterocycles. The number of hydrogen-bond acceptors (Lipinski definition) is 4. The Labute approximate surface area is 393 Å². The summed E-state index contributed by atoms with van der Waals surface area (Å²) in [6.45, 7) is 62.4. The first-order valence-corrected chi connectivity index (χ1v) is 28.2. The van der Waals surface area contributed by atoms with E-state index in [1.165, 1.54) is 168 Å². The Morgan fingerprint density at radius 2 is 0.951 bits per heavy atom. The van der Waals surface area contributed by atoms with Gasteiger partial charge in [0.2, 0.25) is 0 Å². The number of hydrogen-bond donors (Lipinski definition) is 1. The van der Waals surface area contributed by atoms with Crippen molar-refractivity contribution in [1.29, 1.82) is 0 Å². The normalized spacial score (nSPS) is 17.1. The molecule has 2 aliphatic heterocycles. The van der Waals surface area contributed by atoms with E-state index in [1.807, 2.05) is 41.5 Å². The molecule has 0 bridgehead atoms. The molecule has 0 aromatic rings. The fourth-order valence-electron chi connectivity index (χ4n) is 8.65. The Hall–Kier alpha value is -0.160. The molecule has 0 radical (unpaired) electrons. The third-order valence-corrected chi connectivity index (χ3v) is 11.8. The first-order chi connectivity index (χ1) is 29.3. The van der Waals surface area contributed by atoms with Gasteiger partial charge in [-0.3, -0.25) is 0 Å². The van der Waals surface area contributed by atoms with Crippen LogP contribution in [0.3, 0.4) is 0 Å². The van der Waals surface area contributed by atoms with Gasteiger partial charge >= 0.3 is 0 Å². The standard InChI is InChI=1S/C16H32N2.C13H29N.C9H21N.C9H20.C4H10.3C2H6/c1-4-14-11-16(5-8-17-12-14)18-9-6-15(7-10-18)13(2)3;1-5-9-13(10-6-2)14(11-7-3)12-8-4;1-4-7-10(8-5-2)9-6-3;1-5-7-9(6-2)8(3)4;1-4(2)3;3*1-2/h13-17H,4-12H2,1-3H3;13H,5-12H2,1-4H3;4-9H2,1-3H3;8-9H,5-7H2,1-4H3;4H,1-3H3;3*1-2H3. The molecule has 2 saturated heterocycles. The van der Waals surface area contributed by atoms with Gasteiger partial charge in [-0.05, 0) is 165 Å². The van der Waals surface area contributed by atoms with Gasteiger partial charge in [0.25, 0.3) is 0 Å². The minimum absolute atomic E-state index is 0.833. The van der Waals surface area contributed by atoms with Gasteiger partial charge < -0.3 is 20.0 Å². The summed E-state index contributed by atoms with van der Waals surface area (Å²) in [6.07, 6.45) is 23.0. The molecule has 1 N–H and O–H groups in total. The monoisotopic (exact) mass is 871 g/mol. The fraction of sp³-hybridized carbons (Fsp3) is 1.00. The van der Waals surface area contributed by atoms with Crippen LogP contribution >= 0.6 is 0 Å². The van der Waals surface area contributed by atoms with Crippen LogP contribution in [0.5, 0.6) is 0 Å². The largest absolute Gasteiger partial charge is 0.316 e. The van der Waals surface area contributed by atoms with Crippen molar-refractivity contribution in [2.75, 3.05) is 58.9 Å². The van der Waals surface area contributed by atoms with Crippen LogP contribution in [0.4, 0.5) is 0 Å². The van der Waals surface area contributed by atoms with E-state index in [9.17, 15) is 0 Å². The van der Waals surface area contributed by atoms with E-state index >= 15 is 0 Å². The zero-order chi connectivity index (χ0) is 48.4. The lowest BCUT2D eigenvalue weighted by molar-refractivity contribution is 0.100. The van der Waals surface area contributed by atoms with Crippen molar-refractivity contribution in [2.24, 2.45) is 35.5 Å². The molecule has 61 heavy (non-hydrogen) atoms. The van der Waals surface area contributed by atoms with Crippen LogP contribution < -0.4 is 5.32 Å². The van der Waals surface area contributed by atoms with Crippen molar-refractivity contribution in [1.82, 2.24) is 20.0 Å². The fourth-order valence-corrected chi connectivity index (χ4v) is 8.65. The first kappa shape index (κ1) is 72.4. The second-order valence-electron chi connectivity index (χ2n) is 18.8. The number of piperidine rings is 1. The van der Waals surface area contributed by atoms with E-state index < -0.39 is 0 Å². The summed E-state index contributed by atoms with van der Waals surface area (Å²) in [5, 5.41) is 3.62. The molecule has 2 aliphatic rings. The summed E-state index contributed by atoms with van der Waals surface area (Å²) < 4.78 is 0. The molecule has 0 spiro atoms. The summed E-state index contributed by atoms with van der Waals surface area (Å²) in [7, 11) is 0. The first-order valence-electron chi connectivity index (χ1n) is 28.2. The van der Waals surface area contributed by atoms with E-state index in [1.54, 1.807) is 0 Å². The lowest BCUT2D eigenvalue weighted by atomic mass is 9.85. The van der Waals surface area contributed by atoms with Crippen LogP contribution in [0.15, 0.2) is 0 Å². The van der Waals surface area contributed by atoms with Gasteiger partial charge in [-0.15, -0.1) is 0 Å². The van der Waals surface area contributed by atoms with Crippen molar-refractivity contribution in [3.8, 4) is 0 Å². The van der Waals surface area contributed by atoms with Gasteiger partial charge in [0, 0.05) is 12.1 Å². The van der Waals surface area contributed by atoms with Gasteiger partial charge in [-0.1, -0.05) is 198 Å². The topological polar surface area (TPSA) is 21.8 Å². The second-order valence-corrected chi connectivity index (χ2v) is 18.8. The van der Waals surface area contributed by atoms with Crippen molar-refractivity contribution in [3.63, 3.8) is 0 Å². The molecule has 0 aliphatic carbocycles. The third kappa shape index (κ3) is 47.6. The van der Waals surface area contributed by atoms with E-state index in [0.29, 0.717) is 0 Å².